The highest BCUT2D eigenvalue weighted by atomic mass is 16.5. The van der Waals surface area contributed by atoms with Crippen molar-refractivity contribution in [2.75, 3.05) is 26.8 Å². The van der Waals surface area contributed by atoms with E-state index in [0.717, 1.165) is 24.2 Å². The Labute approximate surface area is 158 Å². The molecule has 1 fully saturated rings. The van der Waals surface area contributed by atoms with Gasteiger partial charge in [0.2, 0.25) is 0 Å². The Bertz CT molecular complexity index is 763. The quantitative estimate of drug-likeness (QED) is 0.491. The van der Waals surface area contributed by atoms with Gasteiger partial charge in [0.1, 0.15) is 11.9 Å². The molecule has 1 saturated heterocycles. The third-order valence-corrected chi connectivity index (χ3v) is 4.77. The van der Waals surface area contributed by atoms with E-state index in [-0.39, 0.29) is 11.8 Å². The Kier molecular flexibility index (Phi) is 6.41. The molecule has 3 rings (SSSR count). The summed E-state index contributed by atoms with van der Waals surface area (Å²) in [5.74, 6) is 0.575. The lowest BCUT2D eigenvalue weighted by molar-refractivity contribution is 0.0564. The number of benzene rings is 2. The summed E-state index contributed by atoms with van der Waals surface area (Å²) in [4.78, 5) is 12.8. The Hall–Kier alpha value is -2.45. The molecule has 2 atom stereocenters. The maximum absolute atomic E-state index is 12.8. The van der Waals surface area contributed by atoms with Crippen LogP contribution in [0.4, 0.5) is 0 Å². The minimum atomic E-state index is -1.10. The van der Waals surface area contributed by atoms with Gasteiger partial charge in [-0.05, 0) is 23.3 Å². The molecular weight excluding hydrogens is 346 g/mol. The summed E-state index contributed by atoms with van der Waals surface area (Å²) in [5, 5.41) is 22.3. The van der Waals surface area contributed by atoms with Gasteiger partial charge in [0.15, 0.2) is 0 Å². The molecule has 1 heterocycles. The van der Waals surface area contributed by atoms with Crippen molar-refractivity contribution in [2.24, 2.45) is 0 Å². The smallest absolute Gasteiger partial charge is 0.251 e. The van der Waals surface area contributed by atoms with E-state index in [1.54, 1.807) is 31.4 Å². The van der Waals surface area contributed by atoms with Gasteiger partial charge >= 0.3 is 0 Å². The first kappa shape index (κ1) is 19.3. The standard InChI is InChI=1S/C20H25N3O4/c1-27-18-9-14(7-8-16(18)15-10-21-22-11-15)20(26)23-19(17(25)12-24)13-5-3-2-4-6-13/h2-9,15,17,19,21-22,24-25H,10-12H2,1H3,(H,23,26)/t17-,19+/m1/s1. The van der Waals surface area contributed by atoms with Gasteiger partial charge in [0.05, 0.1) is 19.8 Å². The Balaban J connectivity index is 1.81. The monoisotopic (exact) mass is 371 g/mol. The predicted octanol–water partition coefficient (Wildman–Crippen LogP) is 0.711. The number of methoxy groups -OCH3 is 1. The van der Waals surface area contributed by atoms with Crippen molar-refractivity contribution in [3.63, 3.8) is 0 Å². The minimum Gasteiger partial charge on any atom is -0.496 e. The molecule has 0 saturated carbocycles. The molecular formula is C20H25N3O4. The van der Waals surface area contributed by atoms with Crippen molar-refractivity contribution in [3.05, 3.63) is 65.2 Å². The Morgan fingerprint density at radius 1 is 1.22 bits per heavy atom. The second-order valence-corrected chi connectivity index (χ2v) is 6.53. The highest BCUT2D eigenvalue weighted by Crippen LogP contribution is 2.29. The van der Waals surface area contributed by atoms with Gasteiger partial charge in [0.25, 0.3) is 5.91 Å². The zero-order chi connectivity index (χ0) is 19.2. The fourth-order valence-corrected chi connectivity index (χ4v) is 3.26. The molecule has 0 aromatic heterocycles. The molecule has 7 nitrogen and oxygen atoms in total. The van der Waals surface area contributed by atoms with E-state index in [9.17, 15) is 15.0 Å². The van der Waals surface area contributed by atoms with Crippen molar-refractivity contribution < 1.29 is 19.7 Å². The molecule has 5 N–H and O–H groups in total. The fraction of sp³-hybridized carbons (Fsp3) is 0.350. The normalized spacial score (nSPS) is 16.7. The van der Waals surface area contributed by atoms with Crippen LogP contribution in [0.3, 0.4) is 0 Å². The summed E-state index contributed by atoms with van der Waals surface area (Å²) in [7, 11) is 1.58. The summed E-state index contributed by atoms with van der Waals surface area (Å²) in [6, 6.07) is 13.7. The molecule has 0 spiro atoms. The van der Waals surface area contributed by atoms with Crippen LogP contribution in [-0.2, 0) is 0 Å². The van der Waals surface area contributed by atoms with Crippen LogP contribution >= 0.6 is 0 Å². The van der Waals surface area contributed by atoms with Gasteiger partial charge in [-0.3, -0.25) is 15.6 Å². The van der Waals surface area contributed by atoms with Crippen LogP contribution in [0.5, 0.6) is 5.75 Å². The summed E-state index contributed by atoms with van der Waals surface area (Å²) in [6.07, 6.45) is -1.10. The van der Waals surface area contributed by atoms with E-state index in [0.29, 0.717) is 11.3 Å². The number of ether oxygens (including phenoxy) is 1. The number of aliphatic hydroxyl groups excluding tert-OH is 2. The number of carbonyl (C=O) groups excluding carboxylic acids is 1. The lowest BCUT2D eigenvalue weighted by Gasteiger charge is -2.23. The maximum atomic E-state index is 12.8. The largest absolute Gasteiger partial charge is 0.496 e. The molecule has 1 aliphatic heterocycles. The number of aliphatic hydroxyl groups is 2. The molecule has 0 unspecified atom stereocenters. The van der Waals surface area contributed by atoms with Gasteiger partial charge in [-0.15, -0.1) is 0 Å². The first-order valence-electron chi connectivity index (χ1n) is 8.92. The number of hydrazine groups is 1. The number of nitrogens with one attached hydrogen (secondary N) is 3. The van der Waals surface area contributed by atoms with Gasteiger partial charge in [-0.2, -0.15) is 0 Å². The predicted molar refractivity (Wildman–Crippen MR) is 101 cm³/mol. The van der Waals surface area contributed by atoms with E-state index < -0.39 is 18.8 Å². The maximum Gasteiger partial charge on any atom is 0.251 e. The molecule has 144 valence electrons. The zero-order valence-corrected chi connectivity index (χ0v) is 15.2. The second-order valence-electron chi connectivity index (χ2n) is 6.53. The van der Waals surface area contributed by atoms with Crippen molar-refractivity contribution in [1.82, 2.24) is 16.2 Å². The van der Waals surface area contributed by atoms with Crippen molar-refractivity contribution in [3.8, 4) is 5.75 Å². The molecule has 0 aliphatic carbocycles. The second kappa shape index (κ2) is 8.96. The molecule has 7 heteroatoms. The number of rotatable bonds is 7. The topological polar surface area (TPSA) is 103 Å². The van der Waals surface area contributed by atoms with E-state index in [4.69, 9.17) is 4.74 Å². The highest BCUT2D eigenvalue weighted by molar-refractivity contribution is 5.95. The molecule has 2 aromatic rings. The van der Waals surface area contributed by atoms with Crippen LogP contribution in [-0.4, -0.2) is 49.0 Å². The lowest BCUT2D eigenvalue weighted by Crippen LogP contribution is -2.38. The SMILES string of the molecule is COc1cc(C(=O)N[C@@H](c2ccccc2)[C@H](O)CO)ccc1C1CNNC1. The van der Waals surface area contributed by atoms with Crippen LogP contribution in [0.2, 0.25) is 0 Å². The number of hydrogen-bond acceptors (Lipinski definition) is 6. The zero-order valence-electron chi connectivity index (χ0n) is 15.2. The fourth-order valence-electron chi connectivity index (χ4n) is 3.26. The summed E-state index contributed by atoms with van der Waals surface area (Å²) >= 11 is 0. The van der Waals surface area contributed by atoms with Gasteiger partial charge in [0, 0.05) is 24.6 Å². The van der Waals surface area contributed by atoms with Crippen molar-refractivity contribution in [2.45, 2.75) is 18.1 Å². The average molecular weight is 371 g/mol. The third kappa shape index (κ3) is 4.45. The molecule has 27 heavy (non-hydrogen) atoms. The van der Waals surface area contributed by atoms with E-state index in [1.165, 1.54) is 0 Å². The average Bonchev–Trinajstić information content (AvgIpc) is 3.26. The minimum absolute atomic E-state index is 0.269. The van der Waals surface area contributed by atoms with E-state index >= 15 is 0 Å². The molecule has 2 aromatic carbocycles. The summed E-state index contributed by atoms with van der Waals surface area (Å²) in [5.41, 5.74) is 8.35. The van der Waals surface area contributed by atoms with Crippen LogP contribution in [0.1, 0.15) is 33.4 Å². The number of hydrogen-bond donors (Lipinski definition) is 5. The first-order valence-corrected chi connectivity index (χ1v) is 8.92. The van der Waals surface area contributed by atoms with Crippen molar-refractivity contribution in [1.29, 1.82) is 0 Å². The van der Waals surface area contributed by atoms with Crippen molar-refractivity contribution >= 4 is 5.91 Å². The van der Waals surface area contributed by atoms with E-state index in [1.807, 2.05) is 24.3 Å². The highest BCUT2D eigenvalue weighted by Gasteiger charge is 2.25. The van der Waals surface area contributed by atoms with E-state index in [2.05, 4.69) is 16.2 Å². The Morgan fingerprint density at radius 2 is 1.93 bits per heavy atom. The lowest BCUT2D eigenvalue weighted by atomic mass is 9.97. The molecule has 1 amide bonds. The van der Waals surface area contributed by atoms with Gasteiger partial charge < -0.3 is 20.3 Å². The summed E-state index contributed by atoms with van der Waals surface area (Å²) < 4.78 is 5.48. The van der Waals surface area contributed by atoms with Gasteiger partial charge in [-0.25, -0.2) is 0 Å². The molecule has 0 radical (unpaired) electrons. The molecule has 1 aliphatic rings. The molecule has 0 bridgehead atoms. The summed E-state index contributed by atoms with van der Waals surface area (Å²) in [6.45, 7) is 1.13. The van der Waals surface area contributed by atoms with Crippen LogP contribution in [0.15, 0.2) is 48.5 Å². The van der Waals surface area contributed by atoms with Crippen LogP contribution < -0.4 is 20.9 Å². The number of amides is 1. The van der Waals surface area contributed by atoms with Crippen LogP contribution in [0.25, 0.3) is 0 Å². The Morgan fingerprint density at radius 3 is 2.56 bits per heavy atom. The third-order valence-electron chi connectivity index (χ3n) is 4.77. The number of carbonyl (C=O) groups is 1. The van der Waals surface area contributed by atoms with Gasteiger partial charge in [-0.1, -0.05) is 36.4 Å². The van der Waals surface area contributed by atoms with Crippen LogP contribution in [0, 0.1) is 0 Å². The first-order chi connectivity index (χ1) is 13.1.